The van der Waals surface area contributed by atoms with Gasteiger partial charge in [0.15, 0.2) is 0 Å². The Hall–Kier alpha value is -3.49. The lowest BCUT2D eigenvalue weighted by Gasteiger charge is -2.21. The molecule has 0 radical (unpaired) electrons. The summed E-state index contributed by atoms with van der Waals surface area (Å²) in [5.41, 5.74) is 1.19. The first kappa shape index (κ1) is 23.3. The molecule has 1 saturated heterocycles. The Bertz CT molecular complexity index is 1180. The van der Waals surface area contributed by atoms with Gasteiger partial charge in [-0.05, 0) is 67.9 Å². The maximum absolute atomic E-state index is 12.9. The minimum absolute atomic E-state index is 0.183. The molecule has 35 heavy (non-hydrogen) atoms. The molecule has 2 aliphatic carbocycles. The van der Waals surface area contributed by atoms with Crippen molar-refractivity contribution < 1.29 is 19.1 Å². The number of carbonyl (C=O) groups is 3. The fourth-order valence-electron chi connectivity index (χ4n) is 6.02. The molecule has 0 unspecified atom stereocenters. The van der Waals surface area contributed by atoms with Gasteiger partial charge >= 0.3 is 0 Å². The molecule has 2 heterocycles. The van der Waals surface area contributed by atoms with Crippen LogP contribution in [-0.2, 0) is 20.9 Å². The second-order valence-corrected chi connectivity index (χ2v) is 9.79. The molecule has 3 amide bonds. The van der Waals surface area contributed by atoms with Crippen molar-refractivity contribution in [3.05, 3.63) is 46.8 Å². The first-order valence-corrected chi connectivity index (χ1v) is 12.3. The molecule has 5 rings (SSSR count). The smallest absolute Gasteiger partial charge is 0.266 e. The number of carbonyl (C=O) groups excluding carboxylic acids is 3. The van der Waals surface area contributed by atoms with Crippen LogP contribution in [0.4, 0.5) is 0 Å². The van der Waals surface area contributed by atoms with Gasteiger partial charge in [-0.1, -0.05) is 6.92 Å². The number of methoxy groups -OCH3 is 1. The molecule has 3 fully saturated rings. The van der Waals surface area contributed by atoms with Crippen LogP contribution < -0.4 is 15.6 Å². The predicted octanol–water partition coefficient (Wildman–Crippen LogP) is 1.84. The van der Waals surface area contributed by atoms with E-state index in [4.69, 9.17) is 4.74 Å². The van der Waals surface area contributed by atoms with Crippen molar-refractivity contribution in [2.45, 2.75) is 45.2 Å². The van der Waals surface area contributed by atoms with E-state index in [2.05, 4.69) is 10.4 Å². The van der Waals surface area contributed by atoms with Crippen LogP contribution in [0.1, 0.15) is 32.6 Å². The topological polar surface area (TPSA) is 111 Å². The third-order valence-corrected chi connectivity index (χ3v) is 7.82. The summed E-state index contributed by atoms with van der Waals surface area (Å²) in [5, 5.41) is 7.36. The van der Waals surface area contributed by atoms with E-state index >= 15 is 0 Å². The molecular weight excluding hydrogens is 448 g/mol. The van der Waals surface area contributed by atoms with Gasteiger partial charge in [0.05, 0.1) is 31.2 Å². The van der Waals surface area contributed by atoms with E-state index in [9.17, 15) is 19.2 Å². The van der Waals surface area contributed by atoms with Crippen LogP contribution in [0.2, 0.25) is 0 Å². The Kier molecular flexibility index (Phi) is 6.17. The molecule has 9 heteroatoms. The molecule has 1 aromatic carbocycles. The van der Waals surface area contributed by atoms with Crippen LogP contribution in [0.15, 0.2) is 41.2 Å². The zero-order valence-electron chi connectivity index (χ0n) is 20.0. The molecule has 9 nitrogen and oxygen atoms in total. The maximum atomic E-state index is 12.9. The lowest BCUT2D eigenvalue weighted by atomic mass is 9.81. The van der Waals surface area contributed by atoms with Gasteiger partial charge in [-0.25, -0.2) is 4.68 Å². The zero-order chi connectivity index (χ0) is 24.7. The van der Waals surface area contributed by atoms with E-state index in [1.165, 1.54) is 10.7 Å². The molecule has 2 bridgehead atoms. The predicted molar refractivity (Wildman–Crippen MR) is 127 cm³/mol. The van der Waals surface area contributed by atoms with Crippen molar-refractivity contribution in [3.8, 4) is 17.0 Å². The number of ether oxygens (including phenoxy) is 1. The molecule has 184 valence electrons. The summed E-state index contributed by atoms with van der Waals surface area (Å²) in [6, 6.07) is 10.1. The molecule has 1 aliphatic heterocycles. The average Bonchev–Trinajstić information content (AvgIpc) is 3.55. The van der Waals surface area contributed by atoms with E-state index in [1.807, 2.05) is 31.2 Å². The monoisotopic (exact) mass is 478 g/mol. The molecule has 0 spiro atoms. The molecule has 2 aromatic rings. The third-order valence-electron chi connectivity index (χ3n) is 7.82. The van der Waals surface area contributed by atoms with Crippen LogP contribution in [0.5, 0.6) is 5.75 Å². The van der Waals surface area contributed by atoms with E-state index in [1.54, 1.807) is 13.2 Å². The van der Waals surface area contributed by atoms with Gasteiger partial charge in [0.25, 0.3) is 5.56 Å². The van der Waals surface area contributed by atoms with Gasteiger partial charge < -0.3 is 10.1 Å². The molecule has 2 saturated carbocycles. The highest BCUT2D eigenvalue weighted by Gasteiger charge is 2.60. The standard InChI is InChI=1S/C26H30N4O5/c1-3-18(13-30-22(32)11-10-20(28-30)15-6-8-19(35-2)9-7-15)27-21(31)14-29-25(33)23-16-4-5-17(12-16)24(23)26(29)34/h6-11,16-18,23-24H,3-5,12-14H2,1-2H3,(H,27,31)/t16-,17-,18+,23-,24+/m0/s1. The average molecular weight is 479 g/mol. The van der Waals surface area contributed by atoms with Crippen molar-refractivity contribution in [1.29, 1.82) is 0 Å². The lowest BCUT2D eigenvalue weighted by Crippen LogP contribution is -2.46. The lowest BCUT2D eigenvalue weighted by molar-refractivity contribution is -0.144. The summed E-state index contributed by atoms with van der Waals surface area (Å²) < 4.78 is 6.52. The number of nitrogens with zero attached hydrogens (tertiary/aromatic N) is 3. The molecule has 5 atom stereocenters. The molecule has 1 aromatic heterocycles. The first-order valence-electron chi connectivity index (χ1n) is 12.3. The number of hydrogen-bond donors (Lipinski definition) is 1. The number of benzene rings is 1. The summed E-state index contributed by atoms with van der Waals surface area (Å²) in [4.78, 5) is 52.2. The fraction of sp³-hybridized carbons (Fsp3) is 0.500. The quantitative estimate of drug-likeness (QED) is 0.580. The number of imide groups is 1. The van der Waals surface area contributed by atoms with Crippen LogP contribution in [-0.4, -0.2) is 52.1 Å². The summed E-state index contributed by atoms with van der Waals surface area (Å²) in [7, 11) is 1.59. The number of fused-ring (bicyclic) bond motifs is 5. The van der Waals surface area contributed by atoms with Gasteiger partial charge in [0, 0.05) is 17.7 Å². The van der Waals surface area contributed by atoms with Gasteiger partial charge in [-0.2, -0.15) is 5.10 Å². The van der Waals surface area contributed by atoms with Gasteiger partial charge in [-0.15, -0.1) is 0 Å². The normalized spacial score (nSPS) is 25.6. The Morgan fingerprint density at radius 2 is 1.71 bits per heavy atom. The minimum atomic E-state index is -0.398. The van der Waals surface area contributed by atoms with Crippen molar-refractivity contribution in [3.63, 3.8) is 0 Å². The van der Waals surface area contributed by atoms with Crippen molar-refractivity contribution >= 4 is 17.7 Å². The first-order chi connectivity index (χ1) is 16.9. The van der Waals surface area contributed by atoms with Crippen molar-refractivity contribution in [2.75, 3.05) is 13.7 Å². The van der Waals surface area contributed by atoms with Gasteiger partial charge in [0.1, 0.15) is 12.3 Å². The number of amides is 3. The van der Waals surface area contributed by atoms with Gasteiger partial charge in [-0.3, -0.25) is 24.1 Å². The van der Waals surface area contributed by atoms with Crippen molar-refractivity contribution in [2.24, 2.45) is 23.7 Å². The van der Waals surface area contributed by atoms with E-state index < -0.39 is 5.91 Å². The Labute approximate surface area is 203 Å². The van der Waals surface area contributed by atoms with E-state index in [-0.39, 0.29) is 60.2 Å². The van der Waals surface area contributed by atoms with E-state index in [0.29, 0.717) is 12.1 Å². The van der Waals surface area contributed by atoms with E-state index in [0.717, 1.165) is 35.5 Å². The highest BCUT2D eigenvalue weighted by molar-refractivity contribution is 6.08. The second kappa shape index (κ2) is 9.28. The third kappa shape index (κ3) is 4.24. The summed E-state index contributed by atoms with van der Waals surface area (Å²) >= 11 is 0. The van der Waals surface area contributed by atoms with Crippen LogP contribution in [0.3, 0.4) is 0 Å². The van der Waals surface area contributed by atoms with Crippen molar-refractivity contribution in [1.82, 2.24) is 20.0 Å². The van der Waals surface area contributed by atoms with Crippen LogP contribution in [0, 0.1) is 23.7 Å². The Morgan fingerprint density at radius 1 is 1.06 bits per heavy atom. The van der Waals surface area contributed by atoms with Gasteiger partial charge in [0.2, 0.25) is 17.7 Å². The number of hydrogen-bond acceptors (Lipinski definition) is 6. The highest BCUT2D eigenvalue weighted by atomic mass is 16.5. The zero-order valence-corrected chi connectivity index (χ0v) is 20.0. The Balaban J connectivity index is 1.24. The Morgan fingerprint density at radius 3 is 2.31 bits per heavy atom. The summed E-state index contributed by atoms with van der Waals surface area (Å²) in [6.07, 6.45) is 3.52. The molecular formula is C26H30N4O5. The SMILES string of the molecule is CC[C@H](Cn1nc(-c2ccc(OC)cc2)ccc1=O)NC(=O)CN1C(=O)[C@@H]2[C@H]3CC[C@@H](C3)[C@@H]2C1=O. The largest absolute Gasteiger partial charge is 0.497 e. The number of nitrogens with one attached hydrogen (secondary N) is 1. The fourth-order valence-corrected chi connectivity index (χ4v) is 6.02. The highest BCUT2D eigenvalue weighted by Crippen LogP contribution is 2.56. The number of aromatic nitrogens is 2. The number of rotatable bonds is 8. The molecule has 3 aliphatic rings. The number of likely N-dealkylation sites (tertiary alicyclic amines) is 1. The van der Waals surface area contributed by atoms with Crippen LogP contribution in [0.25, 0.3) is 11.3 Å². The molecule has 1 N–H and O–H groups in total. The summed E-state index contributed by atoms with van der Waals surface area (Å²) in [6.45, 7) is 1.81. The second-order valence-electron chi connectivity index (χ2n) is 9.79. The summed E-state index contributed by atoms with van der Waals surface area (Å²) in [5.74, 6) is 0.0370. The minimum Gasteiger partial charge on any atom is -0.497 e. The maximum Gasteiger partial charge on any atom is 0.266 e. The van der Waals surface area contributed by atoms with Crippen LogP contribution >= 0.6 is 0 Å².